The molecular weight excluding hydrogens is 540 g/mol. The smallest absolute Gasteiger partial charge is 0.328 e. The van der Waals surface area contributed by atoms with Crippen LogP contribution in [-0.2, 0) is 41.6 Å². The van der Waals surface area contributed by atoms with E-state index < -0.39 is 53.1 Å². The highest BCUT2D eigenvalue weighted by atomic mass is 16.4. The number of aliphatic carboxylic acids is 1. The van der Waals surface area contributed by atoms with Gasteiger partial charge in [-0.05, 0) is 44.2 Å². The van der Waals surface area contributed by atoms with Crippen molar-refractivity contribution < 1.29 is 33.9 Å². The van der Waals surface area contributed by atoms with Gasteiger partial charge in [0.2, 0.25) is 23.5 Å². The highest BCUT2D eigenvalue weighted by Gasteiger charge is 2.37. The van der Waals surface area contributed by atoms with Crippen molar-refractivity contribution in [1.82, 2.24) is 21.3 Å². The Kier molecular flexibility index (Phi) is 11.0. The fourth-order valence-electron chi connectivity index (χ4n) is 4.26. The van der Waals surface area contributed by atoms with Gasteiger partial charge >= 0.3 is 5.97 Å². The molecule has 3 atom stereocenters. The van der Waals surface area contributed by atoms with Crippen molar-refractivity contribution in [3.63, 3.8) is 0 Å². The number of nitrogens with one attached hydrogen (secondary N) is 4. The Bertz CT molecular complexity index is 1290. The van der Waals surface area contributed by atoms with E-state index in [-0.39, 0.29) is 31.1 Å². The molecule has 2 aromatic rings. The molecule has 11 heteroatoms. The number of ketones is 1. The number of amides is 4. The summed E-state index contributed by atoms with van der Waals surface area (Å²) in [7, 11) is 0. The van der Waals surface area contributed by atoms with Crippen LogP contribution in [0.5, 0.6) is 0 Å². The van der Waals surface area contributed by atoms with Crippen LogP contribution < -0.4 is 21.3 Å². The lowest BCUT2D eigenvalue weighted by atomic mass is 10.0. The first kappa shape index (κ1) is 32.0. The molecule has 2 aromatic carbocycles. The molecule has 1 aliphatic rings. The average Bonchev–Trinajstić information content (AvgIpc) is 3.76. The summed E-state index contributed by atoms with van der Waals surface area (Å²) in [6.07, 6.45) is 2.19. The Morgan fingerprint density at radius 1 is 0.810 bits per heavy atom. The van der Waals surface area contributed by atoms with Gasteiger partial charge in [0.25, 0.3) is 5.91 Å². The van der Waals surface area contributed by atoms with Gasteiger partial charge in [0.1, 0.15) is 17.6 Å². The van der Waals surface area contributed by atoms with Gasteiger partial charge in [-0.1, -0.05) is 73.5 Å². The molecule has 5 N–H and O–H groups in total. The lowest BCUT2D eigenvalue weighted by Crippen LogP contribution is -2.58. The summed E-state index contributed by atoms with van der Waals surface area (Å²) in [5, 5.41) is 19.4. The number of carboxylic acids is 1. The molecule has 0 bridgehead atoms. The lowest BCUT2D eigenvalue weighted by molar-refractivity contribution is -0.147. The van der Waals surface area contributed by atoms with Gasteiger partial charge in [-0.25, -0.2) is 4.79 Å². The first-order valence-electron chi connectivity index (χ1n) is 13.9. The zero-order valence-electron chi connectivity index (χ0n) is 24.0. The predicted octanol–water partition coefficient (Wildman–Crippen LogP) is 1.29. The van der Waals surface area contributed by atoms with Crippen LogP contribution in [0.15, 0.2) is 60.7 Å². The highest BCUT2D eigenvalue weighted by molar-refractivity contribution is 6.38. The minimum Gasteiger partial charge on any atom is -0.480 e. The summed E-state index contributed by atoms with van der Waals surface area (Å²) in [5.74, 6) is -4.87. The van der Waals surface area contributed by atoms with E-state index in [1.165, 1.54) is 20.8 Å². The molecule has 1 aliphatic carbocycles. The minimum absolute atomic E-state index is 0.0550. The first-order valence-corrected chi connectivity index (χ1v) is 13.9. The normalized spacial score (nSPS) is 14.9. The molecule has 0 spiro atoms. The molecule has 3 unspecified atom stereocenters. The van der Waals surface area contributed by atoms with Crippen molar-refractivity contribution in [3.8, 4) is 0 Å². The van der Waals surface area contributed by atoms with Crippen molar-refractivity contribution >= 4 is 35.4 Å². The maximum atomic E-state index is 13.2. The van der Waals surface area contributed by atoms with E-state index in [0.29, 0.717) is 0 Å². The second-order valence-corrected chi connectivity index (χ2v) is 11.2. The second-order valence-electron chi connectivity index (χ2n) is 11.2. The maximum Gasteiger partial charge on any atom is 0.328 e. The Balaban J connectivity index is 1.65. The number of hydrogen-bond donors (Lipinski definition) is 5. The van der Waals surface area contributed by atoms with Crippen molar-refractivity contribution in [3.05, 3.63) is 71.8 Å². The third-order valence-corrected chi connectivity index (χ3v) is 6.98. The first-order chi connectivity index (χ1) is 19.9. The summed E-state index contributed by atoms with van der Waals surface area (Å²) in [4.78, 5) is 76.1. The molecule has 11 nitrogen and oxygen atoms in total. The van der Waals surface area contributed by atoms with Crippen molar-refractivity contribution in [2.75, 3.05) is 0 Å². The molecule has 3 rings (SSSR count). The fourth-order valence-corrected chi connectivity index (χ4v) is 4.26. The number of carbonyl (C=O) groups is 6. The van der Waals surface area contributed by atoms with Gasteiger partial charge in [-0.3, -0.25) is 24.0 Å². The number of benzene rings is 2. The van der Waals surface area contributed by atoms with E-state index in [0.717, 1.165) is 24.0 Å². The van der Waals surface area contributed by atoms with Crippen LogP contribution in [0.1, 0.15) is 51.2 Å². The Morgan fingerprint density at radius 2 is 1.38 bits per heavy atom. The Morgan fingerprint density at radius 3 is 1.93 bits per heavy atom. The van der Waals surface area contributed by atoms with Crippen LogP contribution in [-0.4, -0.2) is 64.2 Å². The molecule has 1 saturated carbocycles. The van der Waals surface area contributed by atoms with E-state index in [2.05, 4.69) is 21.3 Å². The van der Waals surface area contributed by atoms with Crippen LogP contribution in [0, 0.1) is 5.92 Å². The molecule has 4 amide bonds. The number of hydrogen-bond acceptors (Lipinski definition) is 6. The van der Waals surface area contributed by atoms with Crippen LogP contribution in [0.2, 0.25) is 0 Å². The van der Waals surface area contributed by atoms with Crippen LogP contribution in [0.3, 0.4) is 0 Å². The molecule has 224 valence electrons. The molecule has 0 saturated heterocycles. The summed E-state index contributed by atoms with van der Waals surface area (Å²) in [6.45, 7) is 3.97. The Labute approximate surface area is 244 Å². The molecule has 0 aliphatic heterocycles. The number of rotatable bonds is 15. The average molecular weight is 579 g/mol. The number of carbonyl (C=O) groups excluding carboxylic acids is 5. The molecule has 0 radical (unpaired) electrons. The van der Waals surface area contributed by atoms with Crippen molar-refractivity contribution in [2.24, 2.45) is 5.92 Å². The standard InChI is InChI=1S/C31H38N4O7/c1-19(26(37)29(40)34-24(17-22-14-15-22)28(39)35-31(2,3)30(41)42)32-27(38)23(16-20-10-6-4-7-11-20)33-25(36)18-21-12-8-5-9-13-21/h4-13,19,22-24H,14-18H2,1-3H3,(H,32,38)(H,33,36)(H,34,40)(H,35,39)(H,41,42). The largest absolute Gasteiger partial charge is 0.480 e. The summed E-state index contributed by atoms with van der Waals surface area (Å²) in [5.41, 5.74) is -0.0219. The Hall–Kier alpha value is -4.54. The number of Topliss-reactive ketones (excluding diaryl/α,β-unsaturated/α-hetero) is 1. The minimum atomic E-state index is -1.58. The van der Waals surface area contributed by atoms with E-state index in [4.69, 9.17) is 0 Å². The molecule has 0 heterocycles. The topological polar surface area (TPSA) is 171 Å². The third-order valence-electron chi connectivity index (χ3n) is 6.98. The van der Waals surface area contributed by atoms with E-state index >= 15 is 0 Å². The fraction of sp³-hybridized carbons (Fsp3) is 0.419. The number of carboxylic acid groups (broad SMARTS) is 1. The SMILES string of the molecule is CC(NC(=O)C(Cc1ccccc1)NC(=O)Cc1ccccc1)C(=O)C(=O)NC(CC1CC1)C(=O)NC(C)(C)C(=O)O. The van der Waals surface area contributed by atoms with Crippen LogP contribution in [0.25, 0.3) is 0 Å². The van der Waals surface area contributed by atoms with Crippen LogP contribution >= 0.6 is 0 Å². The summed E-state index contributed by atoms with van der Waals surface area (Å²) < 4.78 is 0. The highest BCUT2D eigenvalue weighted by Crippen LogP contribution is 2.33. The molecular formula is C31H38N4O7. The van der Waals surface area contributed by atoms with E-state index in [9.17, 15) is 33.9 Å². The van der Waals surface area contributed by atoms with Gasteiger partial charge in [-0.15, -0.1) is 0 Å². The van der Waals surface area contributed by atoms with Gasteiger partial charge in [0, 0.05) is 6.42 Å². The van der Waals surface area contributed by atoms with E-state index in [1.54, 1.807) is 36.4 Å². The summed E-state index contributed by atoms with van der Waals surface area (Å²) in [6, 6.07) is 14.7. The molecule has 42 heavy (non-hydrogen) atoms. The van der Waals surface area contributed by atoms with Crippen molar-refractivity contribution in [1.29, 1.82) is 0 Å². The van der Waals surface area contributed by atoms with Gasteiger partial charge < -0.3 is 26.4 Å². The van der Waals surface area contributed by atoms with Gasteiger partial charge in [-0.2, -0.15) is 0 Å². The quantitative estimate of drug-likeness (QED) is 0.198. The zero-order chi connectivity index (χ0) is 30.9. The van der Waals surface area contributed by atoms with Crippen LogP contribution in [0.4, 0.5) is 0 Å². The summed E-state index contributed by atoms with van der Waals surface area (Å²) >= 11 is 0. The monoisotopic (exact) mass is 578 g/mol. The maximum absolute atomic E-state index is 13.2. The third kappa shape index (κ3) is 9.83. The zero-order valence-corrected chi connectivity index (χ0v) is 24.0. The lowest BCUT2D eigenvalue weighted by Gasteiger charge is -2.26. The van der Waals surface area contributed by atoms with Gasteiger partial charge in [0.15, 0.2) is 0 Å². The second kappa shape index (κ2) is 14.4. The van der Waals surface area contributed by atoms with Gasteiger partial charge in [0.05, 0.1) is 12.5 Å². The molecule has 1 fully saturated rings. The molecule has 0 aromatic heterocycles. The van der Waals surface area contributed by atoms with E-state index in [1.807, 2.05) is 24.3 Å². The predicted molar refractivity (Wildman–Crippen MR) is 154 cm³/mol. The van der Waals surface area contributed by atoms with Crippen molar-refractivity contribution in [2.45, 2.75) is 76.5 Å².